The average molecular weight is 366 g/mol. The van der Waals surface area contributed by atoms with E-state index >= 15 is 0 Å². The zero-order chi connectivity index (χ0) is 19.2. The number of carbonyl (C=O) groups excluding carboxylic acids is 2. The first kappa shape index (κ1) is 18.2. The van der Waals surface area contributed by atoms with Crippen molar-refractivity contribution in [3.05, 3.63) is 66.2 Å². The largest absolute Gasteiger partial charge is 0.497 e. The number of nitrogens with zero attached hydrogens (tertiary/aromatic N) is 1. The molecule has 138 valence electrons. The molecule has 0 fully saturated rings. The smallest absolute Gasteiger partial charge is 0.338 e. The summed E-state index contributed by atoms with van der Waals surface area (Å²) < 4.78 is 15.4. The number of methoxy groups -OCH3 is 1. The highest BCUT2D eigenvalue weighted by molar-refractivity contribution is 6.06. The van der Waals surface area contributed by atoms with Crippen LogP contribution in [0.2, 0.25) is 0 Å². The first-order valence-corrected chi connectivity index (χ1v) is 8.28. The summed E-state index contributed by atoms with van der Waals surface area (Å²) in [4.78, 5) is 28.3. The van der Waals surface area contributed by atoms with Crippen molar-refractivity contribution in [2.45, 2.75) is 6.92 Å². The molecule has 7 heteroatoms. The summed E-state index contributed by atoms with van der Waals surface area (Å²) in [6.07, 6.45) is 1.22. The Kier molecular flexibility index (Phi) is 5.51. The number of rotatable bonds is 6. The summed E-state index contributed by atoms with van der Waals surface area (Å²) in [6.45, 7) is 2.04. The molecule has 0 saturated heterocycles. The topological polar surface area (TPSA) is 90.7 Å². The zero-order valence-electron chi connectivity index (χ0n) is 14.9. The molecule has 1 N–H and O–H groups in total. The second-order valence-electron chi connectivity index (χ2n) is 5.51. The van der Waals surface area contributed by atoms with Gasteiger partial charge in [-0.25, -0.2) is 9.78 Å². The molecule has 1 aromatic heterocycles. The summed E-state index contributed by atoms with van der Waals surface area (Å²) in [5.41, 5.74) is 1.80. The van der Waals surface area contributed by atoms with Crippen LogP contribution < -0.4 is 10.1 Å². The number of nitrogens with one attached hydrogen (secondary N) is 1. The minimum atomic E-state index is -0.418. The summed E-state index contributed by atoms with van der Waals surface area (Å²) in [7, 11) is 1.58. The predicted octanol–water partition coefficient (Wildman–Crippen LogP) is 3.78. The van der Waals surface area contributed by atoms with Gasteiger partial charge >= 0.3 is 5.97 Å². The third kappa shape index (κ3) is 4.14. The highest BCUT2D eigenvalue weighted by Crippen LogP contribution is 2.26. The molecular weight excluding hydrogens is 348 g/mol. The maximum Gasteiger partial charge on any atom is 0.338 e. The van der Waals surface area contributed by atoms with Crippen molar-refractivity contribution in [3.63, 3.8) is 0 Å². The Balaban J connectivity index is 1.75. The minimum Gasteiger partial charge on any atom is -0.497 e. The van der Waals surface area contributed by atoms with Crippen molar-refractivity contribution < 1.29 is 23.5 Å². The molecule has 27 heavy (non-hydrogen) atoms. The van der Waals surface area contributed by atoms with Gasteiger partial charge in [0.2, 0.25) is 0 Å². The number of benzene rings is 2. The van der Waals surface area contributed by atoms with E-state index < -0.39 is 11.9 Å². The fourth-order valence-electron chi connectivity index (χ4n) is 2.45. The first-order valence-electron chi connectivity index (χ1n) is 8.28. The SMILES string of the molecule is CCOC(=O)c1ccc(NC(=O)c2ncoc2-c2ccc(OC)cc2)cc1. The molecule has 0 spiro atoms. The Hall–Kier alpha value is -3.61. The third-order valence-corrected chi connectivity index (χ3v) is 3.79. The minimum absolute atomic E-state index is 0.162. The van der Waals surface area contributed by atoms with Gasteiger partial charge in [-0.15, -0.1) is 0 Å². The van der Waals surface area contributed by atoms with Crippen molar-refractivity contribution in [1.29, 1.82) is 0 Å². The highest BCUT2D eigenvalue weighted by Gasteiger charge is 2.18. The Labute approximate surface area is 155 Å². The fraction of sp³-hybridized carbons (Fsp3) is 0.150. The normalized spacial score (nSPS) is 10.3. The van der Waals surface area contributed by atoms with Gasteiger partial charge in [0.25, 0.3) is 5.91 Å². The van der Waals surface area contributed by atoms with Gasteiger partial charge in [-0.2, -0.15) is 0 Å². The van der Waals surface area contributed by atoms with Crippen LogP contribution in [0.15, 0.2) is 59.3 Å². The van der Waals surface area contributed by atoms with E-state index in [2.05, 4.69) is 10.3 Å². The lowest BCUT2D eigenvalue weighted by Crippen LogP contribution is -2.13. The maximum atomic E-state index is 12.6. The molecule has 0 saturated carbocycles. The van der Waals surface area contributed by atoms with Crippen LogP contribution in [0.5, 0.6) is 5.75 Å². The molecule has 3 rings (SSSR count). The second-order valence-corrected chi connectivity index (χ2v) is 5.51. The average Bonchev–Trinajstić information content (AvgIpc) is 3.19. The highest BCUT2D eigenvalue weighted by atomic mass is 16.5. The Morgan fingerprint density at radius 1 is 1.07 bits per heavy atom. The molecule has 0 aliphatic heterocycles. The Bertz CT molecular complexity index is 930. The Morgan fingerprint density at radius 3 is 2.41 bits per heavy atom. The molecule has 0 aliphatic rings. The van der Waals surface area contributed by atoms with Gasteiger partial charge in [-0.05, 0) is 55.5 Å². The summed E-state index contributed by atoms with van der Waals surface area (Å²) in [5.74, 6) is 0.233. The van der Waals surface area contributed by atoms with Gasteiger partial charge in [0.15, 0.2) is 17.8 Å². The van der Waals surface area contributed by atoms with Gasteiger partial charge in [0.05, 0.1) is 19.3 Å². The fourth-order valence-corrected chi connectivity index (χ4v) is 2.45. The van der Waals surface area contributed by atoms with E-state index in [9.17, 15) is 9.59 Å². The molecule has 0 unspecified atom stereocenters. The van der Waals surface area contributed by atoms with Crippen molar-refractivity contribution >= 4 is 17.6 Å². The van der Waals surface area contributed by atoms with E-state index in [1.807, 2.05) is 0 Å². The summed E-state index contributed by atoms with van der Waals surface area (Å²) >= 11 is 0. The van der Waals surface area contributed by atoms with Crippen molar-refractivity contribution in [2.24, 2.45) is 0 Å². The lowest BCUT2D eigenvalue weighted by molar-refractivity contribution is 0.0526. The van der Waals surface area contributed by atoms with E-state index in [1.165, 1.54) is 6.39 Å². The van der Waals surface area contributed by atoms with Crippen molar-refractivity contribution in [2.75, 3.05) is 19.0 Å². The second kappa shape index (κ2) is 8.18. The number of hydrogen-bond donors (Lipinski definition) is 1. The molecular formula is C20H18N2O5. The lowest BCUT2D eigenvalue weighted by atomic mass is 10.1. The van der Waals surface area contributed by atoms with Gasteiger partial charge in [-0.3, -0.25) is 4.79 Å². The quantitative estimate of drug-likeness (QED) is 0.668. The lowest BCUT2D eigenvalue weighted by Gasteiger charge is -2.06. The molecule has 0 atom stereocenters. The van der Waals surface area contributed by atoms with Crippen LogP contribution in [0.25, 0.3) is 11.3 Å². The number of carbonyl (C=O) groups is 2. The van der Waals surface area contributed by atoms with E-state index in [0.29, 0.717) is 34.9 Å². The van der Waals surface area contributed by atoms with Crippen LogP contribution in [0.4, 0.5) is 5.69 Å². The monoisotopic (exact) mass is 366 g/mol. The van der Waals surface area contributed by atoms with Crippen LogP contribution in [-0.4, -0.2) is 30.6 Å². The van der Waals surface area contributed by atoms with E-state index in [4.69, 9.17) is 13.9 Å². The molecule has 0 aliphatic carbocycles. The molecule has 2 aromatic carbocycles. The van der Waals surface area contributed by atoms with Crippen LogP contribution in [0, 0.1) is 0 Å². The van der Waals surface area contributed by atoms with Crippen LogP contribution in [-0.2, 0) is 4.74 Å². The van der Waals surface area contributed by atoms with Crippen LogP contribution in [0.1, 0.15) is 27.8 Å². The maximum absolute atomic E-state index is 12.6. The van der Waals surface area contributed by atoms with Crippen molar-refractivity contribution in [3.8, 4) is 17.1 Å². The van der Waals surface area contributed by atoms with Crippen LogP contribution >= 0.6 is 0 Å². The van der Waals surface area contributed by atoms with Crippen molar-refractivity contribution in [1.82, 2.24) is 4.98 Å². The standard InChI is InChI=1S/C20H18N2O5/c1-3-26-20(24)14-4-8-15(9-5-14)22-19(23)17-18(27-12-21-17)13-6-10-16(25-2)11-7-13/h4-12H,3H2,1-2H3,(H,22,23). The molecule has 1 amide bonds. The third-order valence-electron chi connectivity index (χ3n) is 3.79. The van der Waals surface area contributed by atoms with Gasteiger partial charge in [0, 0.05) is 11.3 Å². The number of hydrogen-bond acceptors (Lipinski definition) is 6. The number of esters is 1. The summed E-state index contributed by atoms with van der Waals surface area (Å²) in [5, 5.41) is 2.74. The molecule has 0 bridgehead atoms. The van der Waals surface area contributed by atoms with E-state index in [1.54, 1.807) is 62.6 Å². The van der Waals surface area contributed by atoms with Gasteiger partial charge in [0.1, 0.15) is 5.75 Å². The number of anilines is 1. The summed E-state index contributed by atoms with van der Waals surface area (Å²) in [6, 6.07) is 13.5. The molecule has 7 nitrogen and oxygen atoms in total. The van der Waals surface area contributed by atoms with E-state index in [0.717, 1.165) is 0 Å². The van der Waals surface area contributed by atoms with Crippen LogP contribution in [0.3, 0.4) is 0 Å². The number of ether oxygens (including phenoxy) is 2. The zero-order valence-corrected chi connectivity index (χ0v) is 14.9. The van der Waals surface area contributed by atoms with E-state index in [-0.39, 0.29) is 5.69 Å². The van der Waals surface area contributed by atoms with Gasteiger partial charge < -0.3 is 19.2 Å². The predicted molar refractivity (Wildman–Crippen MR) is 98.8 cm³/mol. The molecule has 0 radical (unpaired) electrons. The Morgan fingerprint density at radius 2 is 1.78 bits per heavy atom. The first-order chi connectivity index (χ1) is 13.1. The number of amides is 1. The molecule has 3 aromatic rings. The number of aromatic nitrogens is 1. The van der Waals surface area contributed by atoms with Gasteiger partial charge in [-0.1, -0.05) is 0 Å². The number of oxazole rings is 1. The molecule has 1 heterocycles.